The van der Waals surface area contributed by atoms with Crippen LogP contribution in [-0.2, 0) is 14.3 Å². The van der Waals surface area contributed by atoms with E-state index in [4.69, 9.17) is 9.47 Å². The molecule has 1 fully saturated rings. The van der Waals surface area contributed by atoms with Gasteiger partial charge in [-0.2, -0.15) is 0 Å². The number of hydrogen-bond acceptors (Lipinski definition) is 9. The Hall–Kier alpha value is -0.650. The Morgan fingerprint density at radius 3 is 1.53 bits per heavy atom. The Morgan fingerprint density at radius 2 is 1.09 bits per heavy atom. The minimum atomic E-state index is -1.47. The number of hydrogen-bond donors (Lipinski definition) is 6. The highest BCUT2D eigenvalue weighted by Crippen LogP contribution is 2.22. The van der Waals surface area contributed by atoms with Crippen LogP contribution in [0, 0.1) is 0 Å². The van der Waals surface area contributed by atoms with Gasteiger partial charge < -0.3 is 40.1 Å². The van der Waals surface area contributed by atoms with Gasteiger partial charge in [0, 0.05) is 12.8 Å². The maximum Gasteiger partial charge on any atom is 0.186 e. The van der Waals surface area contributed by atoms with Crippen molar-refractivity contribution in [2.45, 2.75) is 198 Å². The molecule has 0 aromatic carbocycles. The normalized spacial score (nSPS) is 23.8. The van der Waals surface area contributed by atoms with Gasteiger partial charge in [0.1, 0.15) is 30.2 Å². The summed E-state index contributed by atoms with van der Waals surface area (Å²) in [5.41, 5.74) is 0. The van der Waals surface area contributed by atoms with Crippen LogP contribution in [0.2, 0.25) is 0 Å². The summed E-state index contributed by atoms with van der Waals surface area (Å²) in [5, 5.41) is 57.8. The van der Waals surface area contributed by atoms with Crippen LogP contribution in [0.15, 0.2) is 0 Å². The molecule has 1 aliphatic rings. The predicted molar refractivity (Wildman–Crippen MR) is 169 cm³/mol. The number of ketones is 1. The molecule has 1 rings (SSSR count). The van der Waals surface area contributed by atoms with E-state index >= 15 is 0 Å². The predicted octanol–water partition coefficient (Wildman–Crippen LogP) is 5.09. The van der Waals surface area contributed by atoms with Gasteiger partial charge in [0.15, 0.2) is 6.29 Å². The fraction of sp³-hybridized carbons (Fsp3) is 0.971. The van der Waals surface area contributed by atoms with E-state index in [0.29, 0.717) is 12.8 Å². The number of carbonyl (C=O) groups is 1. The van der Waals surface area contributed by atoms with Crippen molar-refractivity contribution >= 4 is 5.78 Å². The van der Waals surface area contributed by atoms with Crippen molar-refractivity contribution in [1.29, 1.82) is 0 Å². The van der Waals surface area contributed by atoms with E-state index in [2.05, 4.69) is 0 Å². The fourth-order valence-corrected chi connectivity index (χ4v) is 5.84. The molecule has 9 nitrogen and oxygen atoms in total. The second-order valence-corrected chi connectivity index (χ2v) is 12.9. The third-order valence-electron chi connectivity index (χ3n) is 8.62. The molecule has 6 N–H and O–H groups in total. The molecule has 43 heavy (non-hydrogen) atoms. The first-order valence-electron chi connectivity index (χ1n) is 17.6. The molecule has 9 heteroatoms. The Kier molecular flexibility index (Phi) is 24.9. The van der Waals surface area contributed by atoms with Crippen molar-refractivity contribution < 1.29 is 44.9 Å². The first-order chi connectivity index (χ1) is 20.8. The van der Waals surface area contributed by atoms with Gasteiger partial charge in [-0.1, -0.05) is 116 Å². The highest BCUT2D eigenvalue weighted by molar-refractivity contribution is 5.78. The molecule has 7 atom stereocenters. The van der Waals surface area contributed by atoms with Crippen LogP contribution in [-0.4, -0.2) is 92.5 Å². The lowest BCUT2D eigenvalue weighted by atomic mass is 9.99. The lowest BCUT2D eigenvalue weighted by molar-refractivity contribution is -0.300. The van der Waals surface area contributed by atoms with Crippen molar-refractivity contribution in [1.82, 2.24) is 0 Å². The molecule has 0 aromatic heterocycles. The van der Waals surface area contributed by atoms with E-state index < -0.39 is 43.4 Å². The molecule has 0 saturated carbocycles. The van der Waals surface area contributed by atoms with Gasteiger partial charge in [-0.05, 0) is 26.2 Å². The second kappa shape index (κ2) is 26.6. The van der Waals surface area contributed by atoms with Crippen LogP contribution in [0.5, 0.6) is 0 Å². The summed E-state index contributed by atoms with van der Waals surface area (Å²) in [6.45, 7) is 1.28. The lowest BCUT2D eigenvalue weighted by Gasteiger charge is -2.39. The molecular weight excluding hydrogens is 552 g/mol. The second-order valence-electron chi connectivity index (χ2n) is 12.9. The summed E-state index contributed by atoms with van der Waals surface area (Å²) in [6, 6.07) is 0. The molecule has 0 aromatic rings. The van der Waals surface area contributed by atoms with E-state index in [1.54, 1.807) is 6.92 Å². The lowest BCUT2D eigenvalue weighted by Crippen LogP contribution is -2.59. The molecular formula is C34H66O9. The zero-order valence-electron chi connectivity index (χ0n) is 27.1. The van der Waals surface area contributed by atoms with E-state index in [0.717, 1.165) is 32.1 Å². The molecule has 2 unspecified atom stereocenters. The van der Waals surface area contributed by atoms with Gasteiger partial charge in [0.2, 0.25) is 0 Å². The van der Waals surface area contributed by atoms with Crippen molar-refractivity contribution in [2.75, 3.05) is 13.2 Å². The van der Waals surface area contributed by atoms with Crippen LogP contribution in [0.3, 0.4) is 0 Å². The van der Waals surface area contributed by atoms with E-state index in [9.17, 15) is 35.4 Å². The van der Waals surface area contributed by atoms with Crippen molar-refractivity contribution in [3.8, 4) is 0 Å². The average Bonchev–Trinajstić information content (AvgIpc) is 2.97. The molecule has 0 radical (unpaired) electrons. The number of aliphatic hydroxyl groups is 6. The van der Waals surface area contributed by atoms with Crippen LogP contribution in [0.1, 0.15) is 155 Å². The standard InChI is InChI=1S/C34H66O9/c1-27(36)25-29(38)22-20-18-16-14-12-10-8-6-4-2-3-5-7-9-11-13-15-17-19-21-28(37)23-24-42-34-33(41)32(40)31(39)30(26-35)43-34/h27,29-36,38-41H,2-26H2,1H3/t27?,29?,30-,31-,32+,33-,34-/m1/s1. The summed E-state index contributed by atoms with van der Waals surface area (Å²) >= 11 is 0. The van der Waals surface area contributed by atoms with E-state index in [1.807, 2.05) is 0 Å². The third-order valence-corrected chi connectivity index (χ3v) is 8.62. The van der Waals surface area contributed by atoms with Crippen LogP contribution in [0.25, 0.3) is 0 Å². The number of aliphatic hydroxyl groups excluding tert-OH is 6. The molecule has 0 aliphatic carbocycles. The first-order valence-corrected chi connectivity index (χ1v) is 17.6. The summed E-state index contributed by atoms with van der Waals surface area (Å²) in [5.74, 6) is 0.0960. The zero-order valence-corrected chi connectivity index (χ0v) is 27.1. The molecule has 0 spiro atoms. The SMILES string of the molecule is CC(O)CC(O)CCCCCCCCCCCCCCCCCCCCCC(=O)CCO[C@@H]1O[C@H](CO)[C@@H](O)[C@H](O)[C@H]1O. The Bertz CT molecular complexity index is 645. The maximum absolute atomic E-state index is 12.1. The van der Waals surface area contributed by atoms with Gasteiger partial charge in [-0.25, -0.2) is 0 Å². The molecule has 1 aliphatic heterocycles. The summed E-state index contributed by atoms with van der Waals surface area (Å²) < 4.78 is 10.7. The molecule has 1 saturated heterocycles. The minimum absolute atomic E-state index is 0.0584. The monoisotopic (exact) mass is 618 g/mol. The molecule has 0 amide bonds. The topological polar surface area (TPSA) is 157 Å². The van der Waals surface area contributed by atoms with Crippen molar-refractivity contribution in [3.05, 3.63) is 0 Å². The van der Waals surface area contributed by atoms with E-state index in [1.165, 1.54) is 96.3 Å². The first kappa shape index (κ1) is 40.4. The Morgan fingerprint density at radius 1 is 0.651 bits per heavy atom. The van der Waals surface area contributed by atoms with Crippen LogP contribution < -0.4 is 0 Å². The minimum Gasteiger partial charge on any atom is -0.394 e. The summed E-state index contributed by atoms with van der Waals surface area (Å²) in [4.78, 5) is 12.1. The van der Waals surface area contributed by atoms with Gasteiger partial charge in [-0.3, -0.25) is 4.79 Å². The molecule has 256 valence electrons. The Labute approximate surface area is 261 Å². The number of unbranched alkanes of at least 4 members (excludes halogenated alkanes) is 18. The smallest absolute Gasteiger partial charge is 0.186 e. The zero-order chi connectivity index (χ0) is 31.7. The van der Waals surface area contributed by atoms with Crippen LogP contribution >= 0.6 is 0 Å². The van der Waals surface area contributed by atoms with Crippen LogP contribution in [0.4, 0.5) is 0 Å². The number of Topliss-reactive ketones (excluding diaryl/α,β-unsaturated/α-hetero) is 1. The highest BCUT2D eigenvalue weighted by Gasteiger charge is 2.43. The van der Waals surface area contributed by atoms with Gasteiger partial charge in [0.25, 0.3) is 0 Å². The third kappa shape index (κ3) is 20.9. The summed E-state index contributed by atoms with van der Waals surface area (Å²) in [7, 11) is 0. The van der Waals surface area contributed by atoms with Crippen molar-refractivity contribution in [2.24, 2.45) is 0 Å². The molecule has 1 heterocycles. The average molecular weight is 619 g/mol. The van der Waals surface area contributed by atoms with E-state index in [-0.39, 0.29) is 24.9 Å². The number of carbonyl (C=O) groups excluding carboxylic acids is 1. The quantitative estimate of drug-likeness (QED) is 0.0629. The summed E-state index contributed by atoms with van der Waals surface area (Å²) in [6.07, 6.45) is 18.6. The molecule has 0 bridgehead atoms. The highest BCUT2D eigenvalue weighted by atomic mass is 16.7. The Balaban J connectivity index is 1.79. The van der Waals surface area contributed by atoms with Crippen molar-refractivity contribution in [3.63, 3.8) is 0 Å². The van der Waals surface area contributed by atoms with Gasteiger partial charge in [0.05, 0.1) is 25.4 Å². The fourth-order valence-electron chi connectivity index (χ4n) is 5.84. The van der Waals surface area contributed by atoms with Gasteiger partial charge in [-0.15, -0.1) is 0 Å². The van der Waals surface area contributed by atoms with Gasteiger partial charge >= 0.3 is 0 Å². The number of ether oxygens (including phenoxy) is 2. The number of rotatable bonds is 29. The maximum atomic E-state index is 12.1. The largest absolute Gasteiger partial charge is 0.394 e.